The molecular formula is H2NO2PS2. The zero-order valence-electron chi connectivity index (χ0n) is 2.62. The maximum Gasteiger partial charge on any atom is 0.279 e. The fourth-order valence-corrected chi connectivity index (χ4v) is 1.46. The van der Waals surface area contributed by atoms with Crippen LogP contribution in [0, 0.1) is 0 Å². The Kier molecular flexibility index (Phi) is 1.20. The van der Waals surface area contributed by atoms with Gasteiger partial charge >= 0.3 is 0 Å². The molecular weight excluding hydrogens is 141 g/mol. The SMILES string of the molecule is OP1(=S)ONS1. The summed E-state index contributed by atoms with van der Waals surface area (Å²) >= 11 is 5.49. The molecule has 1 aliphatic heterocycles. The average Bonchev–Trinajstić information content (AvgIpc) is 1.32. The van der Waals surface area contributed by atoms with Crippen molar-refractivity contribution in [3.05, 3.63) is 0 Å². The molecule has 1 heterocycles. The standard InChI is InChI=1S/H2NO2PS2/c2-4(5)3-1-6-4/h1H,(H,2,5). The lowest BCUT2D eigenvalue weighted by Gasteiger charge is -2.21. The first-order chi connectivity index (χ1) is 2.71. The molecule has 0 spiro atoms. The van der Waals surface area contributed by atoms with E-state index in [-0.39, 0.29) is 0 Å². The second-order valence-corrected chi connectivity index (χ2v) is 6.41. The summed E-state index contributed by atoms with van der Waals surface area (Å²) in [5, 5.41) is 0. The molecule has 1 aliphatic rings. The Balaban J connectivity index is 2.53. The molecule has 36 valence electrons. The van der Waals surface area contributed by atoms with E-state index in [1.165, 1.54) is 0 Å². The highest BCUT2D eigenvalue weighted by atomic mass is 32.9. The number of hydrogen-bond donors (Lipinski definition) is 2. The van der Waals surface area contributed by atoms with E-state index in [1.807, 2.05) is 0 Å². The summed E-state index contributed by atoms with van der Waals surface area (Å²) in [6.07, 6.45) is 0. The molecule has 1 atom stereocenters. The molecule has 1 fully saturated rings. The van der Waals surface area contributed by atoms with Crippen molar-refractivity contribution in [1.29, 1.82) is 0 Å². The van der Waals surface area contributed by atoms with E-state index in [1.54, 1.807) is 0 Å². The number of nitrogens with one attached hydrogen (secondary N) is 1. The van der Waals surface area contributed by atoms with Crippen LogP contribution in [0.25, 0.3) is 0 Å². The number of hydrogen-bond acceptors (Lipinski definition) is 4. The summed E-state index contributed by atoms with van der Waals surface area (Å²) in [7, 11) is 0. The van der Waals surface area contributed by atoms with Crippen LogP contribution in [0.2, 0.25) is 0 Å². The summed E-state index contributed by atoms with van der Waals surface area (Å²) in [5.74, 6) is 0. The highest BCUT2D eigenvalue weighted by Gasteiger charge is 2.24. The Morgan fingerprint density at radius 3 is 2.33 bits per heavy atom. The van der Waals surface area contributed by atoms with Gasteiger partial charge in [0.2, 0.25) is 0 Å². The van der Waals surface area contributed by atoms with Crippen molar-refractivity contribution in [2.24, 2.45) is 0 Å². The summed E-state index contributed by atoms with van der Waals surface area (Å²) in [4.78, 5) is 10.8. The van der Waals surface area contributed by atoms with Crippen molar-refractivity contribution in [1.82, 2.24) is 4.89 Å². The summed E-state index contributed by atoms with van der Waals surface area (Å²) in [6.45, 7) is 0. The summed E-state index contributed by atoms with van der Waals surface area (Å²) in [5.41, 5.74) is -2.33. The Hall–Kier alpha value is 0.880. The normalized spacial score (nSPS) is 44.8. The monoisotopic (exact) mass is 143 g/mol. The van der Waals surface area contributed by atoms with E-state index in [0.29, 0.717) is 0 Å². The van der Waals surface area contributed by atoms with E-state index in [2.05, 4.69) is 21.3 Å². The first kappa shape index (κ1) is 5.03. The lowest BCUT2D eigenvalue weighted by molar-refractivity contribution is 0.269. The van der Waals surface area contributed by atoms with Gasteiger partial charge in [0.05, 0.1) is 0 Å². The molecule has 1 rings (SSSR count). The van der Waals surface area contributed by atoms with Crippen LogP contribution in [-0.4, -0.2) is 4.89 Å². The van der Waals surface area contributed by atoms with E-state index >= 15 is 0 Å². The minimum Gasteiger partial charge on any atom is -0.336 e. The maximum absolute atomic E-state index is 8.52. The molecule has 0 aliphatic carbocycles. The molecule has 1 saturated heterocycles. The molecule has 0 aromatic rings. The molecule has 1 unspecified atom stereocenters. The second-order valence-electron chi connectivity index (χ2n) is 0.734. The largest absolute Gasteiger partial charge is 0.336 e. The van der Waals surface area contributed by atoms with Crippen LogP contribution in [0.5, 0.6) is 0 Å². The number of rotatable bonds is 0. The summed E-state index contributed by atoms with van der Waals surface area (Å²) < 4.78 is 4.31. The van der Waals surface area contributed by atoms with E-state index in [0.717, 1.165) is 11.6 Å². The Labute approximate surface area is 44.1 Å². The van der Waals surface area contributed by atoms with E-state index < -0.39 is 5.69 Å². The molecule has 0 radical (unpaired) electrons. The molecule has 0 bridgehead atoms. The predicted molar refractivity (Wildman–Crippen MR) is 28.3 cm³/mol. The lowest BCUT2D eigenvalue weighted by atomic mass is 13.5. The topological polar surface area (TPSA) is 41.5 Å². The minimum atomic E-state index is -2.33. The van der Waals surface area contributed by atoms with Gasteiger partial charge in [-0.3, -0.25) is 0 Å². The van der Waals surface area contributed by atoms with E-state index in [9.17, 15) is 0 Å². The fraction of sp³-hybridized carbons (Fsp3) is 0. The van der Waals surface area contributed by atoms with Gasteiger partial charge in [0, 0.05) is 11.6 Å². The average molecular weight is 143 g/mol. The molecule has 6 heteroatoms. The van der Waals surface area contributed by atoms with Crippen LogP contribution in [0.4, 0.5) is 0 Å². The van der Waals surface area contributed by atoms with Crippen molar-refractivity contribution in [3.8, 4) is 0 Å². The lowest BCUT2D eigenvalue weighted by Crippen LogP contribution is -2.11. The maximum atomic E-state index is 8.52. The van der Waals surface area contributed by atoms with Gasteiger partial charge in [0.25, 0.3) is 5.69 Å². The van der Waals surface area contributed by atoms with Crippen molar-refractivity contribution in [2.75, 3.05) is 0 Å². The summed E-state index contributed by atoms with van der Waals surface area (Å²) in [6, 6.07) is 0. The quantitative estimate of drug-likeness (QED) is 0.379. The van der Waals surface area contributed by atoms with Crippen LogP contribution in [0.3, 0.4) is 0 Å². The van der Waals surface area contributed by atoms with Gasteiger partial charge in [0.1, 0.15) is 0 Å². The van der Waals surface area contributed by atoms with Gasteiger partial charge < -0.3 is 4.89 Å². The molecule has 0 amide bonds. The van der Waals surface area contributed by atoms with Crippen LogP contribution in [0.1, 0.15) is 0 Å². The van der Waals surface area contributed by atoms with Crippen LogP contribution in [-0.2, 0) is 16.4 Å². The molecule has 0 saturated carbocycles. The first-order valence-corrected chi connectivity index (χ1v) is 5.25. The molecule has 0 aromatic carbocycles. The van der Waals surface area contributed by atoms with Gasteiger partial charge in [-0.1, -0.05) is 0 Å². The zero-order chi connectivity index (χ0) is 4.62. The molecule has 3 nitrogen and oxygen atoms in total. The van der Waals surface area contributed by atoms with Crippen LogP contribution < -0.4 is 4.89 Å². The third-order valence-electron chi connectivity index (χ3n) is 0.305. The third-order valence-corrected chi connectivity index (χ3v) is 3.17. The molecule has 6 heavy (non-hydrogen) atoms. The van der Waals surface area contributed by atoms with Gasteiger partial charge in [-0.25, -0.2) is 4.62 Å². The second kappa shape index (κ2) is 1.43. The Morgan fingerprint density at radius 2 is 2.33 bits per heavy atom. The van der Waals surface area contributed by atoms with Gasteiger partial charge in [-0.2, -0.15) is 0 Å². The van der Waals surface area contributed by atoms with Crippen molar-refractivity contribution in [3.63, 3.8) is 0 Å². The minimum absolute atomic E-state index is 1.07. The predicted octanol–water partition coefficient (Wildman–Crippen LogP) is 0.386. The van der Waals surface area contributed by atoms with E-state index in [4.69, 9.17) is 4.89 Å². The molecule has 0 aromatic heterocycles. The highest BCUT2D eigenvalue weighted by Crippen LogP contribution is 2.61. The third kappa shape index (κ3) is 0.932. The van der Waals surface area contributed by atoms with Gasteiger partial charge in [0.15, 0.2) is 0 Å². The fourth-order valence-electron chi connectivity index (χ4n) is 0.101. The molecule has 2 N–H and O–H groups in total. The Bertz CT molecular complexity index is 93.7. The van der Waals surface area contributed by atoms with Gasteiger partial charge in [-0.15, -0.1) is 4.89 Å². The highest BCUT2D eigenvalue weighted by molar-refractivity contribution is 8.68. The first-order valence-electron chi connectivity index (χ1n) is 1.16. The Morgan fingerprint density at radius 1 is 2.00 bits per heavy atom. The van der Waals surface area contributed by atoms with Crippen molar-refractivity contribution < 1.29 is 9.52 Å². The van der Waals surface area contributed by atoms with Crippen molar-refractivity contribution >= 4 is 29.1 Å². The van der Waals surface area contributed by atoms with Crippen LogP contribution >= 0.6 is 17.3 Å². The van der Waals surface area contributed by atoms with Crippen LogP contribution in [0.15, 0.2) is 0 Å². The van der Waals surface area contributed by atoms with Gasteiger partial charge in [-0.05, 0) is 11.8 Å². The zero-order valence-corrected chi connectivity index (χ0v) is 5.15. The smallest absolute Gasteiger partial charge is 0.279 e. The van der Waals surface area contributed by atoms with Crippen molar-refractivity contribution in [2.45, 2.75) is 0 Å².